The minimum Gasteiger partial charge on any atom is -0.452 e. The number of carbonyl (C=O) groups excluding carboxylic acids is 2. The molecule has 0 bridgehead atoms. The van der Waals surface area contributed by atoms with Gasteiger partial charge in [0.15, 0.2) is 6.10 Å². The van der Waals surface area contributed by atoms with Crippen molar-refractivity contribution in [3.63, 3.8) is 0 Å². The van der Waals surface area contributed by atoms with Gasteiger partial charge in [0.05, 0.1) is 17.4 Å². The van der Waals surface area contributed by atoms with E-state index in [9.17, 15) is 9.59 Å². The highest BCUT2D eigenvalue weighted by atomic mass is 32.2. The molecule has 0 unspecified atom stereocenters. The fourth-order valence-corrected chi connectivity index (χ4v) is 3.34. The second-order valence-electron chi connectivity index (χ2n) is 5.56. The molecule has 0 radical (unpaired) electrons. The third-order valence-electron chi connectivity index (χ3n) is 3.61. The molecule has 1 saturated heterocycles. The van der Waals surface area contributed by atoms with Crippen molar-refractivity contribution in [3.8, 4) is 6.07 Å². The van der Waals surface area contributed by atoms with Crippen LogP contribution in [-0.4, -0.2) is 46.0 Å². The number of carbonyl (C=O) groups is 2. The number of thioether (sulfide) groups is 1. The second kappa shape index (κ2) is 9.39. The van der Waals surface area contributed by atoms with Crippen LogP contribution in [0.2, 0.25) is 0 Å². The normalized spacial score (nSPS) is 14.5. The molecule has 1 aromatic rings. The molecule has 0 aliphatic carbocycles. The van der Waals surface area contributed by atoms with Crippen LogP contribution in [-0.2, 0) is 14.3 Å². The van der Waals surface area contributed by atoms with E-state index in [1.54, 1.807) is 24.3 Å². The van der Waals surface area contributed by atoms with E-state index in [1.165, 1.54) is 18.7 Å². The number of nitrogens with zero attached hydrogens (tertiary/aromatic N) is 2. The van der Waals surface area contributed by atoms with Gasteiger partial charge in [0.1, 0.15) is 4.32 Å². The van der Waals surface area contributed by atoms with E-state index in [0.717, 1.165) is 25.9 Å². The SMILES string of the molecule is C[C@@H](OC(=O)CSC(=S)N1CCCC1)C(=O)Nc1cccc(C#N)c1. The number of rotatable bonds is 5. The fourth-order valence-electron chi connectivity index (χ4n) is 2.31. The molecule has 1 aromatic carbocycles. The van der Waals surface area contributed by atoms with Crippen LogP contribution < -0.4 is 5.32 Å². The van der Waals surface area contributed by atoms with Gasteiger partial charge < -0.3 is 15.0 Å². The summed E-state index contributed by atoms with van der Waals surface area (Å²) >= 11 is 6.54. The van der Waals surface area contributed by atoms with E-state index >= 15 is 0 Å². The summed E-state index contributed by atoms with van der Waals surface area (Å²) in [5, 5.41) is 11.5. The van der Waals surface area contributed by atoms with E-state index in [0.29, 0.717) is 15.6 Å². The van der Waals surface area contributed by atoms with Gasteiger partial charge in [0.25, 0.3) is 5.91 Å². The number of hydrogen-bond acceptors (Lipinski definition) is 6. The Hall–Kier alpha value is -2.11. The Morgan fingerprint density at radius 3 is 2.84 bits per heavy atom. The molecule has 1 amide bonds. The van der Waals surface area contributed by atoms with E-state index in [-0.39, 0.29) is 5.75 Å². The molecule has 6 nitrogen and oxygen atoms in total. The Kier molecular flexibility index (Phi) is 7.22. The first-order valence-electron chi connectivity index (χ1n) is 7.92. The maximum absolute atomic E-state index is 12.1. The van der Waals surface area contributed by atoms with Crippen molar-refractivity contribution in [2.24, 2.45) is 0 Å². The van der Waals surface area contributed by atoms with Crippen molar-refractivity contribution in [1.82, 2.24) is 4.90 Å². The molecule has 1 fully saturated rings. The molecule has 1 aliphatic heterocycles. The van der Waals surface area contributed by atoms with E-state index in [1.807, 2.05) is 6.07 Å². The van der Waals surface area contributed by atoms with Gasteiger partial charge in [-0.05, 0) is 38.0 Å². The summed E-state index contributed by atoms with van der Waals surface area (Å²) in [6, 6.07) is 8.52. The van der Waals surface area contributed by atoms with Gasteiger partial charge in [-0.1, -0.05) is 30.0 Å². The van der Waals surface area contributed by atoms with Gasteiger partial charge in [0, 0.05) is 18.8 Å². The quantitative estimate of drug-likeness (QED) is 0.624. The van der Waals surface area contributed by atoms with Gasteiger partial charge in [-0.25, -0.2) is 0 Å². The van der Waals surface area contributed by atoms with Gasteiger partial charge in [-0.2, -0.15) is 5.26 Å². The number of benzene rings is 1. The topological polar surface area (TPSA) is 82.4 Å². The molecule has 132 valence electrons. The summed E-state index contributed by atoms with van der Waals surface area (Å²) in [6.45, 7) is 3.37. The highest BCUT2D eigenvalue weighted by molar-refractivity contribution is 8.23. The lowest BCUT2D eigenvalue weighted by atomic mass is 10.2. The summed E-state index contributed by atoms with van der Waals surface area (Å²) in [4.78, 5) is 26.0. The van der Waals surface area contributed by atoms with Crippen LogP contribution in [0.25, 0.3) is 0 Å². The minimum atomic E-state index is -0.931. The Balaban J connectivity index is 1.76. The van der Waals surface area contributed by atoms with Crippen LogP contribution in [0.15, 0.2) is 24.3 Å². The zero-order valence-electron chi connectivity index (χ0n) is 13.9. The zero-order chi connectivity index (χ0) is 18.2. The predicted octanol–water partition coefficient (Wildman–Crippen LogP) is 2.54. The van der Waals surface area contributed by atoms with Gasteiger partial charge >= 0.3 is 5.97 Å². The fraction of sp³-hybridized carbons (Fsp3) is 0.412. The summed E-state index contributed by atoms with van der Waals surface area (Å²) in [6.07, 6.45) is 1.31. The molecule has 0 saturated carbocycles. The molecule has 1 aliphatic rings. The Morgan fingerprint density at radius 1 is 1.44 bits per heavy atom. The van der Waals surface area contributed by atoms with Crippen LogP contribution in [0.5, 0.6) is 0 Å². The maximum Gasteiger partial charge on any atom is 0.317 e. The van der Waals surface area contributed by atoms with Gasteiger partial charge in [-0.3, -0.25) is 9.59 Å². The maximum atomic E-state index is 12.1. The number of nitrogens with one attached hydrogen (secondary N) is 1. The van der Waals surface area contributed by atoms with Gasteiger partial charge in [0.2, 0.25) is 0 Å². The Morgan fingerprint density at radius 2 is 2.16 bits per heavy atom. The molecule has 25 heavy (non-hydrogen) atoms. The van der Waals surface area contributed by atoms with Crippen molar-refractivity contribution >= 4 is 45.9 Å². The number of esters is 1. The number of amides is 1. The first-order chi connectivity index (χ1) is 12.0. The highest BCUT2D eigenvalue weighted by Crippen LogP contribution is 2.16. The Bertz CT molecular complexity index is 697. The molecule has 1 N–H and O–H groups in total. The van der Waals surface area contributed by atoms with Crippen molar-refractivity contribution in [1.29, 1.82) is 5.26 Å². The molecule has 0 spiro atoms. The zero-order valence-corrected chi connectivity index (χ0v) is 15.5. The number of ether oxygens (including phenoxy) is 1. The largest absolute Gasteiger partial charge is 0.452 e. The van der Waals surface area contributed by atoms with Crippen molar-refractivity contribution in [3.05, 3.63) is 29.8 Å². The van der Waals surface area contributed by atoms with Crippen LogP contribution in [0.3, 0.4) is 0 Å². The summed E-state index contributed by atoms with van der Waals surface area (Å²) in [7, 11) is 0. The lowest BCUT2D eigenvalue weighted by molar-refractivity contribution is -0.150. The average Bonchev–Trinajstić information content (AvgIpc) is 3.14. The number of nitriles is 1. The summed E-state index contributed by atoms with van der Waals surface area (Å²) in [5.74, 6) is -0.854. The predicted molar refractivity (Wildman–Crippen MR) is 101 cm³/mol. The molecular weight excluding hydrogens is 358 g/mol. The van der Waals surface area contributed by atoms with E-state index < -0.39 is 18.0 Å². The van der Waals surface area contributed by atoms with E-state index in [2.05, 4.69) is 10.2 Å². The third kappa shape index (κ3) is 6.03. The number of hydrogen-bond donors (Lipinski definition) is 1. The smallest absolute Gasteiger partial charge is 0.317 e. The average molecular weight is 377 g/mol. The third-order valence-corrected chi connectivity index (χ3v) is 5.11. The first-order valence-corrected chi connectivity index (χ1v) is 9.31. The van der Waals surface area contributed by atoms with Crippen LogP contribution in [0.4, 0.5) is 5.69 Å². The van der Waals surface area contributed by atoms with E-state index in [4.69, 9.17) is 22.2 Å². The standard InChI is InChI=1S/C17H19N3O3S2/c1-12(16(22)19-14-6-4-5-13(9-14)10-18)23-15(21)11-25-17(24)20-7-2-3-8-20/h4-6,9,12H,2-3,7-8,11H2,1H3,(H,19,22)/t12-/m1/s1. The summed E-state index contributed by atoms with van der Waals surface area (Å²) in [5.41, 5.74) is 0.922. The lowest BCUT2D eigenvalue weighted by Gasteiger charge is -2.18. The second-order valence-corrected chi connectivity index (χ2v) is 7.17. The molecule has 2 rings (SSSR count). The van der Waals surface area contributed by atoms with Crippen molar-refractivity contribution < 1.29 is 14.3 Å². The van der Waals surface area contributed by atoms with Crippen molar-refractivity contribution in [2.75, 3.05) is 24.2 Å². The minimum absolute atomic E-state index is 0.0802. The Labute approximate surface area is 156 Å². The van der Waals surface area contributed by atoms with Crippen molar-refractivity contribution in [2.45, 2.75) is 25.9 Å². The number of thiocarbonyl (C=S) groups is 1. The lowest BCUT2D eigenvalue weighted by Crippen LogP contribution is -2.31. The molecule has 1 atom stereocenters. The number of likely N-dealkylation sites (tertiary alicyclic amines) is 1. The molecule has 0 aromatic heterocycles. The first kappa shape index (κ1) is 19.2. The van der Waals surface area contributed by atoms with Crippen LogP contribution in [0, 0.1) is 11.3 Å². The van der Waals surface area contributed by atoms with Gasteiger partial charge in [-0.15, -0.1) is 0 Å². The number of anilines is 1. The molecular formula is C17H19N3O3S2. The van der Waals surface area contributed by atoms with Crippen LogP contribution in [0.1, 0.15) is 25.3 Å². The monoisotopic (exact) mass is 377 g/mol. The summed E-state index contributed by atoms with van der Waals surface area (Å²) < 4.78 is 5.83. The van der Waals surface area contributed by atoms with Crippen LogP contribution >= 0.6 is 24.0 Å². The highest BCUT2D eigenvalue weighted by Gasteiger charge is 2.20. The molecule has 8 heteroatoms. The molecule has 1 heterocycles.